The molecule has 0 spiro atoms. The standard InChI is InChI=1S/C12H12Br2O4/c13-8-1-2-12(11(14)5-8)18-7-10(17)6-9(16)3-4-15/h1-2,5,15H,3-4,6-7H2. The van der Waals surface area contributed by atoms with Crippen LogP contribution in [-0.4, -0.2) is 29.9 Å². The molecule has 0 atom stereocenters. The first-order valence-electron chi connectivity index (χ1n) is 5.25. The minimum atomic E-state index is -0.303. The number of carbonyl (C=O) groups is 2. The molecule has 1 rings (SSSR count). The molecule has 18 heavy (non-hydrogen) atoms. The van der Waals surface area contributed by atoms with Gasteiger partial charge in [0.05, 0.1) is 10.9 Å². The molecule has 4 nitrogen and oxygen atoms in total. The van der Waals surface area contributed by atoms with Gasteiger partial charge in [0, 0.05) is 17.5 Å². The van der Waals surface area contributed by atoms with Crippen molar-refractivity contribution in [2.45, 2.75) is 12.8 Å². The third kappa shape index (κ3) is 5.29. The highest BCUT2D eigenvalue weighted by molar-refractivity contribution is 9.11. The molecule has 1 aromatic rings. The second kappa shape index (κ2) is 7.66. The summed E-state index contributed by atoms with van der Waals surface area (Å²) in [6, 6.07) is 5.31. The number of benzene rings is 1. The number of aliphatic hydroxyl groups excluding tert-OH is 1. The summed E-state index contributed by atoms with van der Waals surface area (Å²) in [5.41, 5.74) is 0. The Morgan fingerprint density at radius 3 is 2.56 bits per heavy atom. The molecule has 0 fully saturated rings. The largest absolute Gasteiger partial charge is 0.485 e. The Bertz CT molecular complexity index is 446. The van der Waals surface area contributed by atoms with Gasteiger partial charge in [0.15, 0.2) is 5.78 Å². The summed E-state index contributed by atoms with van der Waals surface area (Å²) in [4.78, 5) is 22.6. The van der Waals surface area contributed by atoms with Crippen LogP contribution in [0.3, 0.4) is 0 Å². The lowest BCUT2D eigenvalue weighted by Gasteiger charge is -2.07. The van der Waals surface area contributed by atoms with E-state index in [9.17, 15) is 9.59 Å². The lowest BCUT2D eigenvalue weighted by molar-refractivity contribution is -0.128. The van der Waals surface area contributed by atoms with E-state index in [1.54, 1.807) is 18.2 Å². The van der Waals surface area contributed by atoms with E-state index in [1.807, 2.05) is 0 Å². The molecular formula is C12H12Br2O4. The second-order valence-corrected chi connectivity index (χ2v) is 5.36. The minimum absolute atomic E-state index is 0.00766. The molecule has 0 unspecified atom stereocenters. The Morgan fingerprint density at radius 2 is 1.94 bits per heavy atom. The van der Waals surface area contributed by atoms with Crippen LogP contribution in [0.1, 0.15) is 12.8 Å². The van der Waals surface area contributed by atoms with Crippen molar-refractivity contribution >= 4 is 43.4 Å². The van der Waals surface area contributed by atoms with Crippen molar-refractivity contribution in [1.82, 2.24) is 0 Å². The molecule has 0 saturated carbocycles. The molecule has 0 aliphatic rings. The van der Waals surface area contributed by atoms with Crippen molar-refractivity contribution in [3.05, 3.63) is 27.1 Å². The van der Waals surface area contributed by atoms with Crippen molar-refractivity contribution in [1.29, 1.82) is 0 Å². The Labute approximate surface area is 122 Å². The van der Waals surface area contributed by atoms with Crippen molar-refractivity contribution in [2.24, 2.45) is 0 Å². The summed E-state index contributed by atoms with van der Waals surface area (Å²) in [6.45, 7) is -0.386. The number of rotatable bonds is 7. The number of hydrogen-bond donors (Lipinski definition) is 1. The van der Waals surface area contributed by atoms with Gasteiger partial charge in [0.2, 0.25) is 0 Å². The van der Waals surface area contributed by atoms with E-state index in [1.165, 1.54) is 0 Å². The first-order valence-corrected chi connectivity index (χ1v) is 6.83. The van der Waals surface area contributed by atoms with Crippen molar-refractivity contribution < 1.29 is 19.4 Å². The SMILES string of the molecule is O=C(CCO)CC(=O)COc1ccc(Br)cc1Br. The van der Waals surface area contributed by atoms with E-state index in [-0.39, 0.29) is 37.6 Å². The Balaban J connectivity index is 2.45. The van der Waals surface area contributed by atoms with Gasteiger partial charge in [0.25, 0.3) is 0 Å². The third-order valence-electron chi connectivity index (χ3n) is 2.07. The maximum absolute atomic E-state index is 11.4. The maximum atomic E-state index is 11.4. The van der Waals surface area contributed by atoms with Crippen LogP contribution in [0, 0.1) is 0 Å². The van der Waals surface area contributed by atoms with Crippen LogP contribution in [0.25, 0.3) is 0 Å². The van der Waals surface area contributed by atoms with Crippen molar-refractivity contribution in [3.63, 3.8) is 0 Å². The fraction of sp³-hybridized carbons (Fsp3) is 0.333. The molecule has 0 bridgehead atoms. The molecule has 98 valence electrons. The number of hydrogen-bond acceptors (Lipinski definition) is 4. The first kappa shape index (κ1) is 15.3. The van der Waals surface area contributed by atoms with Gasteiger partial charge in [-0.2, -0.15) is 0 Å². The molecule has 0 aliphatic heterocycles. The number of halogens is 2. The molecule has 0 saturated heterocycles. The van der Waals surface area contributed by atoms with Gasteiger partial charge in [-0.15, -0.1) is 0 Å². The highest BCUT2D eigenvalue weighted by Gasteiger charge is 2.10. The zero-order chi connectivity index (χ0) is 13.5. The monoisotopic (exact) mass is 378 g/mol. The van der Waals surface area contributed by atoms with Crippen LogP contribution in [0.2, 0.25) is 0 Å². The van der Waals surface area contributed by atoms with E-state index in [4.69, 9.17) is 9.84 Å². The molecule has 0 amide bonds. The molecule has 1 N–H and O–H groups in total. The van der Waals surface area contributed by atoms with Crippen LogP contribution in [0.4, 0.5) is 0 Å². The average Bonchev–Trinajstić information content (AvgIpc) is 2.28. The third-order valence-corrected chi connectivity index (χ3v) is 3.18. The van der Waals surface area contributed by atoms with Crippen LogP contribution < -0.4 is 4.74 Å². The molecule has 0 heterocycles. The van der Waals surface area contributed by atoms with Crippen LogP contribution in [0.5, 0.6) is 5.75 Å². The van der Waals surface area contributed by atoms with Crippen molar-refractivity contribution in [3.8, 4) is 5.75 Å². The molecule has 0 aromatic heterocycles. The Kier molecular flexibility index (Phi) is 6.52. The number of aliphatic hydroxyl groups is 1. The van der Waals surface area contributed by atoms with Gasteiger partial charge < -0.3 is 9.84 Å². The minimum Gasteiger partial charge on any atom is -0.485 e. The highest BCUT2D eigenvalue weighted by atomic mass is 79.9. The number of ether oxygens (including phenoxy) is 1. The maximum Gasteiger partial charge on any atom is 0.177 e. The van der Waals surface area contributed by atoms with E-state index >= 15 is 0 Å². The van der Waals surface area contributed by atoms with E-state index in [0.717, 1.165) is 8.95 Å². The lowest BCUT2D eigenvalue weighted by atomic mass is 10.1. The number of ketones is 2. The summed E-state index contributed by atoms with van der Waals surface area (Å²) in [5.74, 6) is -0.0367. The smallest absolute Gasteiger partial charge is 0.177 e. The quantitative estimate of drug-likeness (QED) is 0.739. The van der Waals surface area contributed by atoms with Gasteiger partial charge in [-0.1, -0.05) is 15.9 Å². The van der Waals surface area contributed by atoms with Gasteiger partial charge in [-0.25, -0.2) is 0 Å². The van der Waals surface area contributed by atoms with Gasteiger partial charge >= 0.3 is 0 Å². The fourth-order valence-corrected chi connectivity index (χ4v) is 2.40. The summed E-state index contributed by atoms with van der Waals surface area (Å²) in [5, 5.41) is 8.55. The predicted octanol–water partition coefficient (Wildman–Crippen LogP) is 2.50. The fourth-order valence-electron chi connectivity index (χ4n) is 1.23. The average molecular weight is 380 g/mol. The van der Waals surface area contributed by atoms with Gasteiger partial charge in [-0.05, 0) is 34.1 Å². The molecule has 1 aromatic carbocycles. The molecular weight excluding hydrogens is 368 g/mol. The number of carbonyl (C=O) groups excluding carboxylic acids is 2. The summed E-state index contributed by atoms with van der Waals surface area (Å²) >= 11 is 6.61. The zero-order valence-electron chi connectivity index (χ0n) is 9.49. The van der Waals surface area contributed by atoms with Crippen molar-refractivity contribution in [2.75, 3.05) is 13.2 Å². The topological polar surface area (TPSA) is 63.6 Å². The molecule has 6 heteroatoms. The highest BCUT2D eigenvalue weighted by Crippen LogP contribution is 2.28. The summed E-state index contributed by atoms with van der Waals surface area (Å²) < 4.78 is 6.92. The predicted molar refractivity (Wildman–Crippen MR) is 73.7 cm³/mol. The lowest BCUT2D eigenvalue weighted by Crippen LogP contribution is -2.16. The zero-order valence-corrected chi connectivity index (χ0v) is 12.7. The second-order valence-electron chi connectivity index (χ2n) is 3.59. The van der Waals surface area contributed by atoms with Crippen LogP contribution in [-0.2, 0) is 9.59 Å². The Morgan fingerprint density at radius 1 is 1.22 bits per heavy atom. The van der Waals surface area contributed by atoms with Crippen LogP contribution in [0.15, 0.2) is 27.1 Å². The molecule has 0 radical (unpaired) electrons. The molecule has 0 aliphatic carbocycles. The van der Waals surface area contributed by atoms with Gasteiger partial charge in [0.1, 0.15) is 18.1 Å². The number of Topliss-reactive ketones (excluding diaryl/α,β-unsaturated/α-hetero) is 2. The van der Waals surface area contributed by atoms with E-state index in [2.05, 4.69) is 31.9 Å². The first-order chi connectivity index (χ1) is 8.52. The van der Waals surface area contributed by atoms with E-state index < -0.39 is 0 Å². The van der Waals surface area contributed by atoms with Crippen LogP contribution >= 0.6 is 31.9 Å². The normalized spacial score (nSPS) is 10.2. The Hall–Kier alpha value is -0.720. The summed E-state index contributed by atoms with van der Waals surface area (Å²) in [7, 11) is 0. The van der Waals surface area contributed by atoms with E-state index in [0.29, 0.717) is 5.75 Å². The van der Waals surface area contributed by atoms with Gasteiger partial charge in [-0.3, -0.25) is 9.59 Å². The summed E-state index contributed by atoms with van der Waals surface area (Å²) in [6.07, 6.45) is -0.192.